The molecule has 0 aliphatic rings. The molecule has 1 unspecified atom stereocenters. The zero-order valence-corrected chi connectivity index (χ0v) is 19.4. The Kier molecular flexibility index (Phi) is 10.1. The molecule has 0 aromatic heterocycles. The van der Waals surface area contributed by atoms with E-state index >= 15 is 0 Å². The highest BCUT2D eigenvalue weighted by Gasteiger charge is 2.30. The van der Waals surface area contributed by atoms with Crippen LogP contribution >= 0.6 is 0 Å². The summed E-state index contributed by atoms with van der Waals surface area (Å²) in [6, 6.07) is 0. The minimum atomic E-state index is -0.792. The predicted molar refractivity (Wildman–Crippen MR) is 107 cm³/mol. The van der Waals surface area contributed by atoms with E-state index in [1.54, 1.807) is 13.8 Å². The number of carbonyl (C=O) groups is 2. The molecule has 0 spiro atoms. The van der Waals surface area contributed by atoms with Gasteiger partial charge in [0.1, 0.15) is 24.4 Å². The molecule has 0 radical (unpaired) electrons. The van der Waals surface area contributed by atoms with E-state index in [1.807, 2.05) is 55.4 Å². The highest BCUT2D eigenvalue weighted by atomic mass is 16.6. The molecule has 28 heavy (non-hydrogen) atoms. The first-order valence-electron chi connectivity index (χ1n) is 9.76. The summed E-state index contributed by atoms with van der Waals surface area (Å²) in [5.74, 6) is -1.12. The van der Waals surface area contributed by atoms with E-state index in [9.17, 15) is 9.59 Å². The molecule has 0 bridgehead atoms. The van der Waals surface area contributed by atoms with Crippen molar-refractivity contribution in [3.63, 3.8) is 0 Å². The molecule has 0 heterocycles. The maximum absolute atomic E-state index is 12.0. The fraction of sp³-hybridized carbons (Fsp3) is 0.905. The molecular weight excluding hydrogens is 364 g/mol. The Balaban J connectivity index is 4.33. The molecule has 0 aromatic carbocycles. The van der Waals surface area contributed by atoms with E-state index in [0.717, 1.165) is 0 Å². The van der Waals surface area contributed by atoms with E-state index < -0.39 is 23.1 Å². The van der Waals surface area contributed by atoms with Crippen LogP contribution in [0.1, 0.15) is 75.7 Å². The summed E-state index contributed by atoms with van der Waals surface area (Å²) in [5, 5.41) is 0. The zero-order chi connectivity index (χ0) is 22.2. The average molecular weight is 405 g/mol. The van der Waals surface area contributed by atoms with Crippen LogP contribution in [0, 0.1) is 0 Å². The second kappa shape index (κ2) is 10.6. The van der Waals surface area contributed by atoms with Gasteiger partial charge in [-0.25, -0.2) is 9.59 Å². The highest BCUT2D eigenvalue weighted by Crippen LogP contribution is 2.20. The molecule has 0 saturated heterocycles. The third-order valence-electron chi connectivity index (χ3n) is 3.60. The lowest BCUT2D eigenvalue weighted by molar-refractivity contribution is -0.180. The van der Waals surface area contributed by atoms with Gasteiger partial charge in [0.05, 0.1) is 24.4 Å². The summed E-state index contributed by atoms with van der Waals surface area (Å²) < 4.78 is 27.4. The van der Waals surface area contributed by atoms with Gasteiger partial charge in [-0.05, 0) is 68.7 Å². The van der Waals surface area contributed by atoms with E-state index in [2.05, 4.69) is 0 Å². The van der Waals surface area contributed by atoms with Gasteiger partial charge in [0.25, 0.3) is 0 Å². The molecule has 0 fully saturated rings. The average Bonchev–Trinajstić information content (AvgIpc) is 2.49. The smallest absolute Gasteiger partial charge is 0.332 e. The number of hydrogen-bond acceptors (Lipinski definition) is 7. The van der Waals surface area contributed by atoms with Gasteiger partial charge in [-0.3, -0.25) is 0 Å². The second-order valence-corrected chi connectivity index (χ2v) is 9.81. The molecule has 7 heteroatoms. The second-order valence-electron chi connectivity index (χ2n) is 9.81. The van der Waals surface area contributed by atoms with Crippen LogP contribution in [0.4, 0.5) is 0 Å². The molecule has 0 rings (SSSR count). The van der Waals surface area contributed by atoms with Gasteiger partial charge in [-0.1, -0.05) is 6.92 Å². The first-order valence-corrected chi connectivity index (χ1v) is 9.76. The van der Waals surface area contributed by atoms with Crippen molar-refractivity contribution >= 4 is 11.9 Å². The molecule has 0 aliphatic carbocycles. The van der Waals surface area contributed by atoms with Gasteiger partial charge in [0.15, 0.2) is 0 Å². The van der Waals surface area contributed by atoms with Crippen molar-refractivity contribution in [1.82, 2.24) is 0 Å². The van der Waals surface area contributed by atoms with Crippen LogP contribution in [0.25, 0.3) is 0 Å². The molecular formula is C21H40O7. The minimum absolute atomic E-state index is 0.257. The number of hydrogen-bond donors (Lipinski definition) is 0. The molecule has 7 nitrogen and oxygen atoms in total. The van der Waals surface area contributed by atoms with Crippen molar-refractivity contribution < 1.29 is 33.3 Å². The summed E-state index contributed by atoms with van der Waals surface area (Å²) in [4.78, 5) is 24.0. The maximum atomic E-state index is 12.0. The van der Waals surface area contributed by atoms with Gasteiger partial charge in [0, 0.05) is 0 Å². The summed E-state index contributed by atoms with van der Waals surface area (Å²) in [6.45, 7) is 18.7. The molecule has 0 N–H and O–H groups in total. The summed E-state index contributed by atoms with van der Waals surface area (Å²) in [5.41, 5.74) is -2.20. The number of rotatable bonds is 11. The summed E-state index contributed by atoms with van der Waals surface area (Å²) >= 11 is 0. The van der Waals surface area contributed by atoms with Crippen molar-refractivity contribution in [3.8, 4) is 0 Å². The van der Waals surface area contributed by atoms with Crippen LogP contribution in [0.3, 0.4) is 0 Å². The van der Waals surface area contributed by atoms with Crippen LogP contribution in [-0.2, 0) is 33.3 Å². The molecule has 0 aliphatic heterocycles. The van der Waals surface area contributed by atoms with Gasteiger partial charge in [0.2, 0.25) is 0 Å². The Morgan fingerprint density at radius 2 is 1.11 bits per heavy atom. The Morgan fingerprint density at radius 3 is 1.54 bits per heavy atom. The number of esters is 2. The van der Waals surface area contributed by atoms with E-state index in [0.29, 0.717) is 6.42 Å². The van der Waals surface area contributed by atoms with E-state index in [-0.39, 0.29) is 37.6 Å². The quantitative estimate of drug-likeness (QED) is 0.486. The molecule has 166 valence electrons. The third-order valence-corrected chi connectivity index (χ3v) is 3.60. The lowest BCUT2D eigenvalue weighted by Crippen LogP contribution is -2.40. The lowest BCUT2D eigenvalue weighted by Gasteiger charge is -2.32. The van der Waals surface area contributed by atoms with E-state index in [4.69, 9.17) is 23.7 Å². The Labute approximate surface area is 170 Å². The van der Waals surface area contributed by atoms with E-state index in [1.165, 1.54) is 0 Å². The minimum Gasteiger partial charge on any atom is -0.455 e. The van der Waals surface area contributed by atoms with Crippen LogP contribution in [-0.4, -0.2) is 60.8 Å². The van der Waals surface area contributed by atoms with Crippen molar-refractivity contribution in [2.75, 3.05) is 26.4 Å². The standard InChI is InChI=1S/C21H40O7/c1-11-21(10,15-26-19(5,6)7)28-17(23)13-24-12-16(22)27-20(8,9)14-25-18(2,3)4/h11-15H2,1-10H3. The van der Waals surface area contributed by atoms with Gasteiger partial charge < -0.3 is 23.7 Å². The SMILES string of the molecule is CCC(C)(COC(C)(C)C)OC(=O)COCC(=O)OC(C)(C)COC(C)(C)C. The van der Waals surface area contributed by atoms with Gasteiger partial charge in [-0.15, -0.1) is 0 Å². The van der Waals surface area contributed by atoms with Gasteiger partial charge in [-0.2, -0.15) is 0 Å². The largest absolute Gasteiger partial charge is 0.455 e. The highest BCUT2D eigenvalue weighted by molar-refractivity contribution is 5.73. The third kappa shape index (κ3) is 13.9. The van der Waals surface area contributed by atoms with Crippen molar-refractivity contribution in [3.05, 3.63) is 0 Å². The van der Waals surface area contributed by atoms with Crippen molar-refractivity contribution in [2.24, 2.45) is 0 Å². The summed E-state index contributed by atoms with van der Waals surface area (Å²) in [6.07, 6.45) is 0.596. The van der Waals surface area contributed by atoms with Crippen molar-refractivity contribution in [1.29, 1.82) is 0 Å². The van der Waals surface area contributed by atoms with Crippen LogP contribution in [0.2, 0.25) is 0 Å². The fourth-order valence-corrected chi connectivity index (χ4v) is 1.85. The Hall–Kier alpha value is -1.18. The number of ether oxygens (including phenoxy) is 5. The Bertz CT molecular complexity index is 500. The number of carbonyl (C=O) groups excluding carboxylic acids is 2. The lowest BCUT2D eigenvalue weighted by atomic mass is 10.0. The van der Waals surface area contributed by atoms with Crippen LogP contribution in [0.5, 0.6) is 0 Å². The normalized spacial score (nSPS) is 15.1. The maximum Gasteiger partial charge on any atom is 0.332 e. The zero-order valence-electron chi connectivity index (χ0n) is 19.4. The molecule has 1 atom stereocenters. The van der Waals surface area contributed by atoms with Gasteiger partial charge >= 0.3 is 11.9 Å². The first kappa shape index (κ1) is 26.8. The first-order chi connectivity index (χ1) is 12.5. The van der Waals surface area contributed by atoms with Crippen LogP contribution in [0.15, 0.2) is 0 Å². The van der Waals surface area contributed by atoms with Crippen molar-refractivity contribution in [2.45, 2.75) is 98.1 Å². The summed E-state index contributed by atoms with van der Waals surface area (Å²) in [7, 11) is 0. The van der Waals surface area contributed by atoms with Crippen LogP contribution < -0.4 is 0 Å². The molecule has 0 amide bonds. The monoisotopic (exact) mass is 404 g/mol. The molecule has 0 aromatic rings. The molecule has 0 saturated carbocycles. The topological polar surface area (TPSA) is 80.3 Å². The Morgan fingerprint density at radius 1 is 0.679 bits per heavy atom. The fourth-order valence-electron chi connectivity index (χ4n) is 1.85. The predicted octanol–water partition coefficient (Wildman–Crippen LogP) is 3.67.